The van der Waals surface area contributed by atoms with Crippen LogP contribution in [-0.4, -0.2) is 16.6 Å². The zero-order valence-electron chi connectivity index (χ0n) is 16.5. The molecule has 0 N–H and O–H groups in total. The SMILES string of the molecule is CCCc1cc(=O)oc2cc(OC(=O)c3cccnc3)c3c(c12)OC(C)(C)C=C3. The smallest absolute Gasteiger partial charge is 0.345 e. The first-order valence-corrected chi connectivity index (χ1v) is 9.52. The van der Waals surface area contributed by atoms with Crippen molar-refractivity contribution in [2.45, 2.75) is 39.2 Å². The number of pyridine rings is 1. The standard InChI is InChI=1S/C23H21NO5/c1-4-6-14-11-19(25)27-18-12-17(28-22(26)15-7-5-10-24-13-15)16-8-9-23(2,3)29-21(16)20(14)18/h5,7-13H,4,6H2,1-3H3. The van der Waals surface area contributed by atoms with Crippen LogP contribution in [0.5, 0.6) is 11.5 Å². The average molecular weight is 391 g/mol. The maximum absolute atomic E-state index is 12.6. The van der Waals surface area contributed by atoms with Gasteiger partial charge in [0.15, 0.2) is 0 Å². The lowest BCUT2D eigenvalue weighted by atomic mass is 9.96. The van der Waals surface area contributed by atoms with Gasteiger partial charge in [-0.1, -0.05) is 13.3 Å². The number of fused-ring (bicyclic) bond motifs is 3. The number of benzene rings is 1. The van der Waals surface area contributed by atoms with E-state index in [-0.39, 0.29) is 5.75 Å². The van der Waals surface area contributed by atoms with Crippen LogP contribution in [0.25, 0.3) is 17.0 Å². The Morgan fingerprint density at radius 2 is 2.10 bits per heavy atom. The van der Waals surface area contributed by atoms with Gasteiger partial charge in [0.05, 0.1) is 16.5 Å². The number of aromatic nitrogens is 1. The number of esters is 1. The molecule has 0 fully saturated rings. The summed E-state index contributed by atoms with van der Waals surface area (Å²) in [6, 6.07) is 6.36. The summed E-state index contributed by atoms with van der Waals surface area (Å²) in [6.45, 7) is 5.91. The largest absolute Gasteiger partial charge is 0.482 e. The zero-order chi connectivity index (χ0) is 20.6. The van der Waals surface area contributed by atoms with Crippen molar-refractivity contribution in [2.24, 2.45) is 0 Å². The molecule has 0 atom stereocenters. The number of nitrogens with zero attached hydrogens (tertiary/aromatic N) is 1. The Hall–Kier alpha value is -3.41. The lowest BCUT2D eigenvalue weighted by Gasteiger charge is -2.30. The molecule has 4 rings (SSSR count). The fraction of sp³-hybridized carbons (Fsp3) is 0.261. The normalized spacial score (nSPS) is 14.3. The third-order valence-corrected chi connectivity index (χ3v) is 4.71. The molecule has 0 unspecified atom stereocenters. The van der Waals surface area contributed by atoms with E-state index < -0.39 is 17.2 Å². The molecule has 148 valence electrons. The highest BCUT2D eigenvalue weighted by Gasteiger charge is 2.29. The van der Waals surface area contributed by atoms with Gasteiger partial charge in [-0.3, -0.25) is 4.98 Å². The van der Waals surface area contributed by atoms with E-state index in [1.807, 2.05) is 32.9 Å². The number of aryl methyl sites for hydroxylation is 1. The second kappa shape index (κ2) is 7.20. The van der Waals surface area contributed by atoms with Crippen LogP contribution in [0.2, 0.25) is 0 Å². The number of ether oxygens (including phenoxy) is 2. The fourth-order valence-electron chi connectivity index (χ4n) is 3.40. The van der Waals surface area contributed by atoms with E-state index in [0.29, 0.717) is 28.9 Å². The van der Waals surface area contributed by atoms with Gasteiger partial charge in [0.1, 0.15) is 22.7 Å². The first-order chi connectivity index (χ1) is 13.9. The molecular formula is C23H21NO5. The Morgan fingerprint density at radius 3 is 2.83 bits per heavy atom. The summed E-state index contributed by atoms with van der Waals surface area (Å²) in [5.74, 6) is 0.269. The predicted octanol–water partition coefficient (Wildman–Crippen LogP) is 4.54. The van der Waals surface area contributed by atoms with Crippen LogP contribution in [0.3, 0.4) is 0 Å². The summed E-state index contributed by atoms with van der Waals surface area (Å²) in [5.41, 5.74) is 1.15. The number of hydrogen-bond acceptors (Lipinski definition) is 6. The van der Waals surface area contributed by atoms with Crippen molar-refractivity contribution in [2.75, 3.05) is 0 Å². The molecule has 2 aromatic heterocycles. The summed E-state index contributed by atoms with van der Waals surface area (Å²) in [7, 11) is 0. The Labute approximate surface area is 167 Å². The van der Waals surface area contributed by atoms with Crippen LogP contribution in [0, 0.1) is 0 Å². The van der Waals surface area contributed by atoms with E-state index in [9.17, 15) is 9.59 Å². The second-order valence-corrected chi connectivity index (χ2v) is 7.50. The Balaban J connectivity index is 1.92. The van der Waals surface area contributed by atoms with E-state index in [2.05, 4.69) is 4.98 Å². The van der Waals surface area contributed by atoms with E-state index >= 15 is 0 Å². The first kappa shape index (κ1) is 18.9. The van der Waals surface area contributed by atoms with Gasteiger partial charge in [0.25, 0.3) is 0 Å². The molecule has 0 spiro atoms. The molecule has 3 aromatic rings. The lowest BCUT2D eigenvalue weighted by Crippen LogP contribution is -2.28. The number of rotatable bonds is 4. The molecule has 29 heavy (non-hydrogen) atoms. The van der Waals surface area contributed by atoms with E-state index in [1.54, 1.807) is 24.4 Å². The molecule has 6 heteroatoms. The molecular weight excluding hydrogens is 370 g/mol. The number of carbonyl (C=O) groups excluding carboxylic acids is 1. The number of carbonyl (C=O) groups is 1. The molecule has 0 saturated heterocycles. The van der Waals surface area contributed by atoms with Crippen molar-refractivity contribution >= 4 is 23.0 Å². The highest BCUT2D eigenvalue weighted by atomic mass is 16.5. The van der Waals surface area contributed by atoms with Gasteiger partial charge in [0.2, 0.25) is 0 Å². The van der Waals surface area contributed by atoms with Crippen LogP contribution >= 0.6 is 0 Å². The molecule has 0 amide bonds. The van der Waals surface area contributed by atoms with Gasteiger partial charge in [-0.15, -0.1) is 0 Å². The third-order valence-electron chi connectivity index (χ3n) is 4.71. The van der Waals surface area contributed by atoms with Gasteiger partial charge in [-0.25, -0.2) is 9.59 Å². The topological polar surface area (TPSA) is 78.6 Å². The molecule has 1 aliphatic rings. The summed E-state index contributed by atoms with van der Waals surface area (Å²) in [4.78, 5) is 28.6. The fourth-order valence-corrected chi connectivity index (χ4v) is 3.40. The second-order valence-electron chi connectivity index (χ2n) is 7.50. The van der Waals surface area contributed by atoms with Crippen molar-refractivity contribution in [3.63, 3.8) is 0 Å². The lowest BCUT2D eigenvalue weighted by molar-refractivity contribution is 0.0733. The molecule has 0 saturated carbocycles. The average Bonchev–Trinajstić information content (AvgIpc) is 2.67. The maximum atomic E-state index is 12.6. The summed E-state index contributed by atoms with van der Waals surface area (Å²) < 4.78 is 17.3. The van der Waals surface area contributed by atoms with Crippen molar-refractivity contribution < 1.29 is 18.7 Å². The Kier molecular flexibility index (Phi) is 4.70. The molecule has 1 aliphatic heterocycles. The van der Waals surface area contributed by atoms with Gasteiger partial charge < -0.3 is 13.9 Å². The summed E-state index contributed by atoms with van der Waals surface area (Å²) in [5, 5.41) is 0.736. The summed E-state index contributed by atoms with van der Waals surface area (Å²) in [6.07, 6.45) is 8.37. The van der Waals surface area contributed by atoms with Crippen molar-refractivity contribution in [1.29, 1.82) is 0 Å². The van der Waals surface area contributed by atoms with Crippen LogP contribution in [-0.2, 0) is 6.42 Å². The minimum atomic E-state index is -0.551. The molecule has 0 aliphatic carbocycles. The van der Waals surface area contributed by atoms with E-state index in [4.69, 9.17) is 13.9 Å². The highest BCUT2D eigenvalue weighted by molar-refractivity contribution is 5.96. The maximum Gasteiger partial charge on any atom is 0.345 e. The van der Waals surface area contributed by atoms with Crippen LogP contribution in [0.15, 0.2) is 51.9 Å². The molecule has 3 heterocycles. The number of hydrogen-bond donors (Lipinski definition) is 0. The zero-order valence-corrected chi connectivity index (χ0v) is 16.5. The Bertz CT molecular complexity index is 1180. The van der Waals surface area contributed by atoms with Crippen molar-refractivity contribution in [1.82, 2.24) is 4.98 Å². The first-order valence-electron chi connectivity index (χ1n) is 9.52. The molecule has 6 nitrogen and oxygen atoms in total. The van der Waals surface area contributed by atoms with Gasteiger partial charge >= 0.3 is 11.6 Å². The molecule has 0 bridgehead atoms. The van der Waals surface area contributed by atoms with Crippen LogP contribution < -0.4 is 15.1 Å². The van der Waals surface area contributed by atoms with Crippen LogP contribution in [0.1, 0.15) is 48.7 Å². The molecule has 1 aromatic carbocycles. The van der Waals surface area contributed by atoms with Crippen molar-refractivity contribution in [3.8, 4) is 11.5 Å². The predicted molar refractivity (Wildman–Crippen MR) is 109 cm³/mol. The van der Waals surface area contributed by atoms with E-state index in [0.717, 1.165) is 17.4 Å². The molecule has 0 radical (unpaired) electrons. The van der Waals surface area contributed by atoms with E-state index in [1.165, 1.54) is 12.3 Å². The monoisotopic (exact) mass is 391 g/mol. The quantitative estimate of drug-likeness (QED) is 0.369. The minimum absolute atomic E-state index is 0.268. The van der Waals surface area contributed by atoms with Gasteiger partial charge in [-0.05, 0) is 50.1 Å². The highest BCUT2D eigenvalue weighted by Crippen LogP contribution is 2.44. The van der Waals surface area contributed by atoms with Crippen LogP contribution in [0.4, 0.5) is 0 Å². The van der Waals surface area contributed by atoms with Gasteiger partial charge in [-0.2, -0.15) is 0 Å². The van der Waals surface area contributed by atoms with Crippen molar-refractivity contribution in [3.05, 3.63) is 69.8 Å². The third kappa shape index (κ3) is 3.66. The summed E-state index contributed by atoms with van der Waals surface area (Å²) >= 11 is 0. The Morgan fingerprint density at radius 1 is 1.28 bits per heavy atom. The van der Waals surface area contributed by atoms with Gasteiger partial charge in [0, 0.05) is 24.5 Å². The minimum Gasteiger partial charge on any atom is -0.482 e.